The van der Waals surface area contributed by atoms with Gasteiger partial charge in [-0.1, -0.05) is 53.7 Å². The molecule has 0 unspecified atom stereocenters. The third-order valence-electron chi connectivity index (χ3n) is 3.80. The van der Waals surface area contributed by atoms with Gasteiger partial charge < -0.3 is 10.2 Å². The van der Waals surface area contributed by atoms with E-state index < -0.39 is 11.7 Å². The molecule has 24 heavy (non-hydrogen) atoms. The third-order valence-corrected chi connectivity index (χ3v) is 3.80. The van der Waals surface area contributed by atoms with Gasteiger partial charge in [-0.05, 0) is 17.2 Å². The number of alkyl halides is 3. The Kier molecular flexibility index (Phi) is 4.85. The Bertz CT molecular complexity index is 714. The molecule has 2 aromatic carbocycles. The van der Waals surface area contributed by atoms with Crippen LogP contribution >= 0.6 is 0 Å². The second kappa shape index (κ2) is 7.05. The zero-order chi connectivity index (χ0) is 17.0. The van der Waals surface area contributed by atoms with Crippen molar-refractivity contribution in [1.29, 1.82) is 0 Å². The van der Waals surface area contributed by atoms with Crippen molar-refractivity contribution in [1.82, 2.24) is 5.32 Å². The fourth-order valence-corrected chi connectivity index (χ4v) is 2.57. The molecule has 0 saturated carbocycles. The first-order chi connectivity index (χ1) is 11.5. The Morgan fingerprint density at radius 1 is 1.08 bits per heavy atom. The van der Waals surface area contributed by atoms with Crippen LogP contribution < -0.4 is 5.32 Å². The topological polar surface area (TPSA) is 33.6 Å². The molecular weight excluding hydrogens is 317 g/mol. The average Bonchev–Trinajstić information content (AvgIpc) is 3.04. The molecule has 0 radical (unpaired) electrons. The number of hydrogen-bond acceptors (Lipinski definition) is 3. The normalized spacial score (nSPS) is 17.5. The Hall–Kier alpha value is -2.34. The largest absolute Gasteiger partial charge is 0.416 e. The van der Waals surface area contributed by atoms with Gasteiger partial charge in [0.2, 0.25) is 0 Å². The van der Waals surface area contributed by atoms with Gasteiger partial charge in [0.1, 0.15) is 6.10 Å². The number of halogens is 3. The zero-order valence-corrected chi connectivity index (χ0v) is 12.9. The van der Waals surface area contributed by atoms with Crippen LogP contribution in [0.5, 0.6) is 0 Å². The maximum absolute atomic E-state index is 12.7. The smallest absolute Gasteiger partial charge is 0.390 e. The van der Waals surface area contributed by atoms with E-state index in [1.165, 1.54) is 6.07 Å². The molecule has 2 aromatic rings. The van der Waals surface area contributed by atoms with Gasteiger partial charge >= 0.3 is 6.18 Å². The molecule has 6 heteroatoms. The molecule has 1 N–H and O–H groups in total. The predicted octanol–water partition coefficient (Wildman–Crippen LogP) is 3.99. The second-order valence-electron chi connectivity index (χ2n) is 5.66. The number of nitrogens with one attached hydrogen (secondary N) is 1. The molecule has 0 spiro atoms. The lowest BCUT2D eigenvalue weighted by Crippen LogP contribution is -2.26. The van der Waals surface area contributed by atoms with E-state index in [9.17, 15) is 13.2 Å². The summed E-state index contributed by atoms with van der Waals surface area (Å²) in [7, 11) is 0. The van der Waals surface area contributed by atoms with Crippen LogP contribution in [0.3, 0.4) is 0 Å². The molecule has 3 nitrogen and oxygen atoms in total. The highest BCUT2D eigenvalue weighted by Gasteiger charge is 2.30. The van der Waals surface area contributed by atoms with Crippen LogP contribution in [0.2, 0.25) is 0 Å². The van der Waals surface area contributed by atoms with E-state index in [1.54, 1.807) is 6.07 Å². The summed E-state index contributed by atoms with van der Waals surface area (Å²) in [6.45, 7) is 0.876. The van der Waals surface area contributed by atoms with Gasteiger partial charge in [0, 0.05) is 19.5 Å². The highest BCUT2D eigenvalue weighted by atomic mass is 19.4. The van der Waals surface area contributed by atoms with Crippen LogP contribution in [-0.4, -0.2) is 18.4 Å². The molecule has 0 amide bonds. The van der Waals surface area contributed by atoms with Gasteiger partial charge in [0.15, 0.2) is 0 Å². The number of hydrogen-bond donors (Lipinski definition) is 1. The fraction of sp³-hybridized carbons (Fsp3) is 0.278. The molecule has 126 valence electrons. The van der Waals surface area contributed by atoms with Crippen LogP contribution in [0.15, 0.2) is 59.8 Å². The zero-order valence-electron chi connectivity index (χ0n) is 12.9. The quantitative estimate of drug-likeness (QED) is 0.897. The number of rotatable bonds is 5. The monoisotopic (exact) mass is 334 g/mol. The van der Waals surface area contributed by atoms with E-state index in [-0.39, 0.29) is 6.10 Å². The summed E-state index contributed by atoms with van der Waals surface area (Å²) in [5, 5.41) is 7.22. The lowest BCUT2D eigenvalue weighted by Gasteiger charge is -2.11. The molecule has 0 fully saturated rings. The van der Waals surface area contributed by atoms with Crippen LogP contribution in [0.1, 0.15) is 23.1 Å². The standard InChI is InChI=1S/C18H17F3N2O/c19-18(20,21)15-8-4-5-13(9-15)11-22-12-16-10-17(23-24-16)14-6-2-1-3-7-14/h1-9,16,22H,10-12H2/t16-/m0/s1. The first-order valence-electron chi connectivity index (χ1n) is 7.67. The van der Waals surface area contributed by atoms with Crippen molar-refractivity contribution in [3.05, 3.63) is 71.3 Å². The molecule has 1 atom stereocenters. The molecule has 0 bridgehead atoms. The molecule has 1 heterocycles. The molecular formula is C18H17F3N2O. The van der Waals surface area contributed by atoms with Crippen LogP contribution in [-0.2, 0) is 17.6 Å². The predicted molar refractivity (Wildman–Crippen MR) is 85.6 cm³/mol. The maximum Gasteiger partial charge on any atom is 0.416 e. The Labute approximate surface area is 138 Å². The van der Waals surface area contributed by atoms with Gasteiger partial charge in [0.05, 0.1) is 11.3 Å². The van der Waals surface area contributed by atoms with E-state index >= 15 is 0 Å². The summed E-state index contributed by atoms with van der Waals surface area (Å²) >= 11 is 0. The lowest BCUT2D eigenvalue weighted by molar-refractivity contribution is -0.137. The summed E-state index contributed by atoms with van der Waals surface area (Å²) in [6.07, 6.45) is -3.74. The molecule has 1 aliphatic heterocycles. The number of benzene rings is 2. The van der Waals surface area contributed by atoms with Gasteiger partial charge in [0.25, 0.3) is 0 Å². The molecule has 3 rings (SSSR count). The van der Waals surface area contributed by atoms with Gasteiger partial charge in [-0.25, -0.2) is 0 Å². The summed E-state index contributed by atoms with van der Waals surface area (Å²) in [6, 6.07) is 15.1. The molecule has 1 aliphatic rings. The minimum atomic E-state index is -4.32. The lowest BCUT2D eigenvalue weighted by atomic mass is 10.1. The van der Waals surface area contributed by atoms with Crippen LogP contribution in [0.4, 0.5) is 13.2 Å². The molecule has 0 aromatic heterocycles. The summed E-state index contributed by atoms with van der Waals surface area (Å²) in [4.78, 5) is 5.38. The SMILES string of the molecule is FC(F)(F)c1cccc(CNC[C@@H]2CC(c3ccccc3)=NO2)c1. The molecule has 0 saturated heterocycles. The van der Waals surface area contributed by atoms with Crippen LogP contribution in [0.25, 0.3) is 0 Å². The van der Waals surface area contributed by atoms with Gasteiger partial charge in [-0.2, -0.15) is 13.2 Å². The highest BCUT2D eigenvalue weighted by molar-refractivity contribution is 6.01. The van der Waals surface area contributed by atoms with Crippen molar-refractivity contribution in [2.45, 2.75) is 25.2 Å². The Morgan fingerprint density at radius 2 is 1.88 bits per heavy atom. The van der Waals surface area contributed by atoms with Crippen molar-refractivity contribution in [3.63, 3.8) is 0 Å². The minimum Gasteiger partial charge on any atom is -0.390 e. The third kappa shape index (κ3) is 4.14. The van der Waals surface area contributed by atoms with Gasteiger partial charge in [-0.3, -0.25) is 0 Å². The van der Waals surface area contributed by atoms with E-state index in [4.69, 9.17) is 4.84 Å². The minimum absolute atomic E-state index is 0.106. The first kappa shape index (κ1) is 16.5. The van der Waals surface area contributed by atoms with E-state index in [2.05, 4.69) is 10.5 Å². The van der Waals surface area contributed by atoms with Crippen molar-refractivity contribution < 1.29 is 18.0 Å². The van der Waals surface area contributed by atoms with Gasteiger partial charge in [-0.15, -0.1) is 0 Å². The summed E-state index contributed by atoms with van der Waals surface area (Å²) < 4.78 is 38.1. The van der Waals surface area contributed by atoms with Crippen molar-refractivity contribution in [3.8, 4) is 0 Å². The maximum atomic E-state index is 12.7. The average molecular weight is 334 g/mol. The summed E-state index contributed by atoms with van der Waals surface area (Å²) in [5.74, 6) is 0. The van der Waals surface area contributed by atoms with Crippen molar-refractivity contribution >= 4 is 5.71 Å². The summed E-state index contributed by atoms with van der Waals surface area (Å²) in [5.41, 5.74) is 1.87. The number of nitrogens with zero attached hydrogens (tertiary/aromatic N) is 1. The number of oxime groups is 1. The second-order valence-corrected chi connectivity index (χ2v) is 5.66. The van der Waals surface area contributed by atoms with E-state index in [0.717, 1.165) is 23.4 Å². The van der Waals surface area contributed by atoms with Crippen LogP contribution in [0, 0.1) is 0 Å². The first-order valence-corrected chi connectivity index (χ1v) is 7.67. The molecule has 0 aliphatic carbocycles. The van der Waals surface area contributed by atoms with E-state index in [0.29, 0.717) is 25.1 Å². The Morgan fingerprint density at radius 3 is 2.62 bits per heavy atom. The Balaban J connectivity index is 1.48. The highest BCUT2D eigenvalue weighted by Crippen LogP contribution is 2.29. The fourth-order valence-electron chi connectivity index (χ4n) is 2.57. The van der Waals surface area contributed by atoms with E-state index in [1.807, 2.05) is 30.3 Å². The van der Waals surface area contributed by atoms with Crippen molar-refractivity contribution in [2.24, 2.45) is 5.16 Å². The van der Waals surface area contributed by atoms with Crippen molar-refractivity contribution in [2.75, 3.05) is 6.54 Å².